The van der Waals surface area contributed by atoms with E-state index >= 15 is 0 Å². The second-order valence-electron chi connectivity index (χ2n) is 6.82. The number of amides is 1. The van der Waals surface area contributed by atoms with E-state index in [2.05, 4.69) is 20.5 Å². The Kier molecular flexibility index (Phi) is 5.94. The zero-order valence-corrected chi connectivity index (χ0v) is 17.5. The number of nitrogens with zero attached hydrogens (tertiary/aromatic N) is 4. The lowest BCUT2D eigenvalue weighted by molar-refractivity contribution is -0.113. The molecule has 8 heteroatoms. The molecule has 1 amide bonds. The average molecular weight is 420 g/mol. The SMILES string of the molecule is Cc1cccc(C)c1NC(=O)CSc1nnc(-c2cccnc2)n1Cc1ccco1. The van der Waals surface area contributed by atoms with E-state index < -0.39 is 0 Å². The topological polar surface area (TPSA) is 85.8 Å². The van der Waals surface area contributed by atoms with Crippen LogP contribution in [0.4, 0.5) is 5.69 Å². The van der Waals surface area contributed by atoms with Crippen molar-refractivity contribution in [1.82, 2.24) is 19.7 Å². The van der Waals surface area contributed by atoms with Crippen molar-refractivity contribution in [3.63, 3.8) is 0 Å². The van der Waals surface area contributed by atoms with E-state index in [-0.39, 0.29) is 11.7 Å². The van der Waals surface area contributed by atoms with E-state index in [4.69, 9.17) is 4.42 Å². The van der Waals surface area contributed by atoms with E-state index in [0.29, 0.717) is 17.5 Å². The van der Waals surface area contributed by atoms with Crippen molar-refractivity contribution in [2.24, 2.45) is 0 Å². The molecule has 0 bridgehead atoms. The van der Waals surface area contributed by atoms with Crippen LogP contribution >= 0.6 is 11.8 Å². The molecule has 0 aliphatic carbocycles. The maximum Gasteiger partial charge on any atom is 0.234 e. The van der Waals surface area contributed by atoms with E-state index in [9.17, 15) is 4.79 Å². The van der Waals surface area contributed by atoms with Gasteiger partial charge in [-0.3, -0.25) is 14.3 Å². The predicted molar refractivity (Wildman–Crippen MR) is 116 cm³/mol. The number of carbonyl (C=O) groups excluding carboxylic acids is 1. The molecule has 1 N–H and O–H groups in total. The quantitative estimate of drug-likeness (QED) is 0.449. The first kappa shape index (κ1) is 19.9. The Bertz CT molecular complexity index is 1120. The zero-order valence-electron chi connectivity index (χ0n) is 16.7. The van der Waals surface area contributed by atoms with Gasteiger partial charge in [0.2, 0.25) is 5.91 Å². The highest BCUT2D eigenvalue weighted by molar-refractivity contribution is 7.99. The molecule has 3 heterocycles. The summed E-state index contributed by atoms with van der Waals surface area (Å²) in [5.41, 5.74) is 3.78. The number of aromatic nitrogens is 4. The van der Waals surface area contributed by atoms with Gasteiger partial charge in [0, 0.05) is 23.6 Å². The smallest absolute Gasteiger partial charge is 0.234 e. The van der Waals surface area contributed by atoms with Gasteiger partial charge in [-0.25, -0.2) is 0 Å². The Balaban J connectivity index is 1.53. The molecule has 0 saturated carbocycles. The minimum absolute atomic E-state index is 0.0899. The second-order valence-corrected chi connectivity index (χ2v) is 7.76. The maximum absolute atomic E-state index is 12.6. The summed E-state index contributed by atoms with van der Waals surface area (Å²) in [4.78, 5) is 16.7. The Morgan fingerprint density at radius 1 is 1.10 bits per heavy atom. The summed E-state index contributed by atoms with van der Waals surface area (Å²) in [5.74, 6) is 1.59. The van der Waals surface area contributed by atoms with E-state index in [1.54, 1.807) is 18.7 Å². The Labute approximate surface area is 178 Å². The van der Waals surface area contributed by atoms with Gasteiger partial charge in [-0.05, 0) is 49.2 Å². The third kappa shape index (κ3) is 4.44. The van der Waals surface area contributed by atoms with Gasteiger partial charge in [-0.2, -0.15) is 0 Å². The lowest BCUT2D eigenvalue weighted by Gasteiger charge is -2.12. The molecule has 4 aromatic rings. The molecule has 30 heavy (non-hydrogen) atoms. The predicted octanol–water partition coefficient (Wildman–Crippen LogP) is 4.33. The highest BCUT2D eigenvalue weighted by Crippen LogP contribution is 2.26. The number of thioether (sulfide) groups is 1. The number of aryl methyl sites for hydroxylation is 2. The molecule has 7 nitrogen and oxygen atoms in total. The normalized spacial score (nSPS) is 10.9. The van der Waals surface area contributed by atoms with E-state index in [0.717, 1.165) is 28.1 Å². The first-order valence-corrected chi connectivity index (χ1v) is 10.4. The zero-order chi connectivity index (χ0) is 20.9. The third-order valence-corrected chi connectivity index (χ3v) is 5.58. The van der Waals surface area contributed by atoms with Crippen molar-refractivity contribution >= 4 is 23.4 Å². The van der Waals surface area contributed by atoms with Crippen LogP contribution < -0.4 is 5.32 Å². The Hall–Kier alpha value is -3.39. The van der Waals surface area contributed by atoms with Gasteiger partial charge in [0.15, 0.2) is 11.0 Å². The number of furan rings is 1. The number of para-hydroxylation sites is 1. The molecular weight excluding hydrogens is 398 g/mol. The van der Waals surface area contributed by atoms with Gasteiger partial charge < -0.3 is 9.73 Å². The number of pyridine rings is 1. The van der Waals surface area contributed by atoms with Crippen molar-refractivity contribution in [2.75, 3.05) is 11.1 Å². The molecule has 0 aliphatic heterocycles. The van der Waals surface area contributed by atoms with Gasteiger partial charge in [-0.15, -0.1) is 10.2 Å². The molecule has 0 radical (unpaired) electrons. The molecule has 0 fully saturated rings. The van der Waals surface area contributed by atoms with Gasteiger partial charge in [0.05, 0.1) is 18.6 Å². The van der Waals surface area contributed by atoms with Crippen LogP contribution in [0.15, 0.2) is 70.7 Å². The first-order chi connectivity index (χ1) is 14.6. The highest BCUT2D eigenvalue weighted by Gasteiger charge is 2.17. The standard InChI is InChI=1S/C22H21N5O2S/c1-15-6-3-7-16(2)20(15)24-19(28)14-30-22-26-25-21(17-8-4-10-23-12-17)27(22)13-18-9-5-11-29-18/h3-12H,13-14H2,1-2H3,(H,24,28). The molecule has 0 spiro atoms. The van der Waals surface area contributed by atoms with Crippen LogP contribution in [0, 0.1) is 13.8 Å². The van der Waals surface area contributed by atoms with Crippen molar-refractivity contribution in [3.05, 3.63) is 78.0 Å². The Morgan fingerprint density at radius 2 is 1.93 bits per heavy atom. The summed E-state index contributed by atoms with van der Waals surface area (Å²) in [6.45, 7) is 4.43. The fourth-order valence-corrected chi connectivity index (χ4v) is 3.86. The van der Waals surface area contributed by atoms with Crippen molar-refractivity contribution in [2.45, 2.75) is 25.5 Å². The van der Waals surface area contributed by atoms with Gasteiger partial charge >= 0.3 is 0 Å². The van der Waals surface area contributed by atoms with Crippen LogP contribution in [-0.2, 0) is 11.3 Å². The summed E-state index contributed by atoms with van der Waals surface area (Å²) in [5, 5.41) is 12.3. The molecule has 0 aliphatic rings. The van der Waals surface area contributed by atoms with Gasteiger partial charge in [0.25, 0.3) is 0 Å². The largest absolute Gasteiger partial charge is 0.467 e. The van der Waals surface area contributed by atoms with Crippen molar-refractivity contribution in [3.8, 4) is 11.4 Å². The summed E-state index contributed by atoms with van der Waals surface area (Å²) in [6.07, 6.45) is 5.09. The summed E-state index contributed by atoms with van der Waals surface area (Å²) < 4.78 is 7.44. The molecule has 1 aromatic carbocycles. The summed E-state index contributed by atoms with van der Waals surface area (Å²) in [6, 6.07) is 13.5. The van der Waals surface area contributed by atoms with E-state index in [1.165, 1.54) is 11.8 Å². The monoisotopic (exact) mass is 419 g/mol. The maximum atomic E-state index is 12.6. The first-order valence-electron chi connectivity index (χ1n) is 9.46. The molecular formula is C22H21N5O2S. The number of nitrogens with one attached hydrogen (secondary N) is 1. The van der Waals surface area contributed by atoms with Crippen LogP contribution in [0.1, 0.15) is 16.9 Å². The molecule has 4 rings (SSSR count). The van der Waals surface area contributed by atoms with Crippen molar-refractivity contribution < 1.29 is 9.21 Å². The molecule has 0 saturated heterocycles. The minimum atomic E-state index is -0.0899. The minimum Gasteiger partial charge on any atom is -0.467 e. The third-order valence-electron chi connectivity index (χ3n) is 4.61. The number of hydrogen-bond donors (Lipinski definition) is 1. The van der Waals surface area contributed by atoms with Gasteiger partial charge in [-0.1, -0.05) is 30.0 Å². The van der Waals surface area contributed by atoms with E-state index in [1.807, 2.05) is 60.9 Å². The number of carbonyl (C=O) groups is 1. The number of rotatable bonds is 7. The van der Waals surface area contributed by atoms with Crippen LogP contribution in [0.2, 0.25) is 0 Å². The highest BCUT2D eigenvalue weighted by atomic mass is 32.2. The summed E-state index contributed by atoms with van der Waals surface area (Å²) in [7, 11) is 0. The fraction of sp³-hybridized carbons (Fsp3) is 0.182. The van der Waals surface area contributed by atoms with Crippen LogP contribution in [-0.4, -0.2) is 31.4 Å². The number of anilines is 1. The second kappa shape index (κ2) is 8.96. The molecule has 0 unspecified atom stereocenters. The Morgan fingerprint density at radius 3 is 2.63 bits per heavy atom. The number of benzene rings is 1. The molecule has 152 valence electrons. The van der Waals surface area contributed by atoms with Crippen LogP contribution in [0.3, 0.4) is 0 Å². The molecule has 0 atom stereocenters. The lowest BCUT2D eigenvalue weighted by Crippen LogP contribution is -2.16. The van der Waals surface area contributed by atoms with Crippen LogP contribution in [0.5, 0.6) is 0 Å². The number of hydrogen-bond acceptors (Lipinski definition) is 6. The fourth-order valence-electron chi connectivity index (χ4n) is 3.12. The summed E-state index contributed by atoms with van der Waals surface area (Å²) >= 11 is 1.34. The lowest BCUT2D eigenvalue weighted by atomic mass is 10.1. The van der Waals surface area contributed by atoms with Crippen molar-refractivity contribution in [1.29, 1.82) is 0 Å². The van der Waals surface area contributed by atoms with Gasteiger partial charge in [0.1, 0.15) is 5.76 Å². The average Bonchev–Trinajstić information content (AvgIpc) is 3.40. The molecule has 3 aromatic heterocycles. The van der Waals surface area contributed by atoms with Crippen LogP contribution in [0.25, 0.3) is 11.4 Å².